The number of hydrogen-bond acceptors (Lipinski definition) is 3. The van der Waals surface area contributed by atoms with Crippen molar-refractivity contribution in [3.63, 3.8) is 0 Å². The summed E-state index contributed by atoms with van der Waals surface area (Å²) in [5, 5.41) is 12.5. The number of nitrogens with one attached hydrogen (secondary N) is 1. The largest absolute Gasteiger partial charge is 0.314 e. The van der Waals surface area contributed by atoms with Gasteiger partial charge in [-0.1, -0.05) is 12.1 Å². The highest BCUT2D eigenvalue weighted by Gasteiger charge is 2.24. The molecule has 1 aliphatic heterocycles. The summed E-state index contributed by atoms with van der Waals surface area (Å²) in [6.07, 6.45) is 5.40. The van der Waals surface area contributed by atoms with E-state index in [0.29, 0.717) is 0 Å². The van der Waals surface area contributed by atoms with Gasteiger partial charge < -0.3 is 5.32 Å². The van der Waals surface area contributed by atoms with E-state index in [2.05, 4.69) is 28.4 Å². The van der Waals surface area contributed by atoms with E-state index in [1.54, 1.807) is 0 Å². The molecule has 0 atom stereocenters. The Labute approximate surface area is 133 Å². The first-order valence-electron chi connectivity index (χ1n) is 7.78. The van der Waals surface area contributed by atoms with Crippen LogP contribution < -0.4 is 5.32 Å². The van der Waals surface area contributed by atoms with Gasteiger partial charge in [0.15, 0.2) is 0 Å². The second-order valence-corrected chi connectivity index (χ2v) is 6.21. The number of benzene rings is 1. The van der Waals surface area contributed by atoms with Gasteiger partial charge in [0.05, 0.1) is 11.6 Å². The lowest BCUT2D eigenvalue weighted by Gasteiger charge is -2.32. The van der Waals surface area contributed by atoms with Crippen LogP contribution in [0.3, 0.4) is 0 Å². The standard InChI is InChI=1S/C17H23N3.ClH/c18-11-14-1-5-16(6-2-14)13-20-9-7-17(8-10-20)19-12-15-3-4-15;/h1-2,5-6,15,17,19H,3-4,7-10,12-13H2;1H. The minimum atomic E-state index is 0. The first kappa shape index (κ1) is 16.3. The molecule has 0 bridgehead atoms. The van der Waals surface area contributed by atoms with Crippen molar-refractivity contribution in [3.8, 4) is 6.07 Å². The molecule has 114 valence electrons. The molecule has 0 amide bonds. The normalized spacial score (nSPS) is 19.8. The van der Waals surface area contributed by atoms with Crippen LogP contribution in [0.25, 0.3) is 0 Å². The summed E-state index contributed by atoms with van der Waals surface area (Å²) in [4.78, 5) is 2.52. The number of nitriles is 1. The minimum Gasteiger partial charge on any atom is -0.314 e. The molecule has 1 N–H and O–H groups in total. The van der Waals surface area contributed by atoms with Gasteiger partial charge in [0, 0.05) is 12.6 Å². The predicted octanol–water partition coefficient (Wildman–Crippen LogP) is 2.94. The highest BCUT2D eigenvalue weighted by molar-refractivity contribution is 5.85. The van der Waals surface area contributed by atoms with Crippen molar-refractivity contribution in [3.05, 3.63) is 35.4 Å². The molecular formula is C17H24ClN3. The third-order valence-electron chi connectivity index (χ3n) is 4.47. The quantitative estimate of drug-likeness (QED) is 0.909. The second-order valence-electron chi connectivity index (χ2n) is 6.21. The van der Waals surface area contributed by atoms with Crippen LogP contribution in [0.4, 0.5) is 0 Å². The van der Waals surface area contributed by atoms with Gasteiger partial charge in [0.1, 0.15) is 0 Å². The van der Waals surface area contributed by atoms with Crippen LogP contribution in [0.2, 0.25) is 0 Å². The molecule has 1 aliphatic carbocycles. The molecule has 1 aromatic carbocycles. The third-order valence-corrected chi connectivity index (χ3v) is 4.47. The number of likely N-dealkylation sites (tertiary alicyclic amines) is 1. The van der Waals surface area contributed by atoms with Gasteiger partial charge in [-0.25, -0.2) is 0 Å². The first-order chi connectivity index (χ1) is 9.83. The van der Waals surface area contributed by atoms with Crippen LogP contribution >= 0.6 is 12.4 Å². The molecule has 3 rings (SSSR count). The summed E-state index contributed by atoms with van der Waals surface area (Å²) in [5.41, 5.74) is 2.06. The highest BCUT2D eigenvalue weighted by atomic mass is 35.5. The maximum Gasteiger partial charge on any atom is 0.0991 e. The van der Waals surface area contributed by atoms with Gasteiger partial charge in [-0.3, -0.25) is 4.90 Å². The summed E-state index contributed by atoms with van der Waals surface area (Å²) in [6.45, 7) is 4.62. The minimum absolute atomic E-state index is 0. The molecule has 1 heterocycles. The van der Waals surface area contributed by atoms with E-state index < -0.39 is 0 Å². The molecule has 0 unspecified atom stereocenters. The summed E-state index contributed by atoms with van der Waals surface area (Å²) >= 11 is 0. The molecule has 3 nitrogen and oxygen atoms in total. The summed E-state index contributed by atoms with van der Waals surface area (Å²) in [6, 6.07) is 10.9. The molecule has 0 spiro atoms. The fraction of sp³-hybridized carbons (Fsp3) is 0.588. The van der Waals surface area contributed by atoms with E-state index in [0.717, 1.165) is 24.1 Å². The van der Waals surface area contributed by atoms with E-state index in [9.17, 15) is 0 Å². The van der Waals surface area contributed by atoms with Gasteiger partial charge in [-0.15, -0.1) is 12.4 Å². The van der Waals surface area contributed by atoms with E-state index in [1.165, 1.54) is 50.9 Å². The van der Waals surface area contributed by atoms with Gasteiger partial charge in [0.25, 0.3) is 0 Å². The van der Waals surface area contributed by atoms with Crippen LogP contribution in [-0.4, -0.2) is 30.6 Å². The van der Waals surface area contributed by atoms with Crippen LogP contribution in [0.5, 0.6) is 0 Å². The smallest absolute Gasteiger partial charge is 0.0991 e. The lowest BCUT2D eigenvalue weighted by molar-refractivity contribution is 0.190. The number of piperidine rings is 1. The van der Waals surface area contributed by atoms with Crippen molar-refractivity contribution in [2.45, 2.75) is 38.3 Å². The van der Waals surface area contributed by atoms with Crippen molar-refractivity contribution in [1.29, 1.82) is 5.26 Å². The first-order valence-corrected chi connectivity index (χ1v) is 7.78. The zero-order chi connectivity index (χ0) is 13.8. The van der Waals surface area contributed by atoms with E-state index >= 15 is 0 Å². The van der Waals surface area contributed by atoms with Crippen molar-refractivity contribution >= 4 is 12.4 Å². The van der Waals surface area contributed by atoms with Crippen molar-refractivity contribution in [2.24, 2.45) is 5.92 Å². The Morgan fingerprint density at radius 2 is 1.76 bits per heavy atom. The van der Waals surface area contributed by atoms with Crippen LogP contribution in [-0.2, 0) is 6.54 Å². The average Bonchev–Trinajstić information content (AvgIpc) is 3.32. The molecule has 21 heavy (non-hydrogen) atoms. The van der Waals surface area contributed by atoms with Gasteiger partial charge in [-0.05, 0) is 68.9 Å². The monoisotopic (exact) mass is 305 g/mol. The Morgan fingerprint density at radius 3 is 2.33 bits per heavy atom. The van der Waals surface area contributed by atoms with E-state index in [4.69, 9.17) is 5.26 Å². The van der Waals surface area contributed by atoms with Gasteiger partial charge in [-0.2, -0.15) is 5.26 Å². The Kier molecular flexibility index (Phi) is 6.05. The summed E-state index contributed by atoms with van der Waals surface area (Å²) in [7, 11) is 0. The van der Waals surface area contributed by atoms with Crippen molar-refractivity contribution in [1.82, 2.24) is 10.2 Å². The molecule has 2 fully saturated rings. The number of hydrogen-bond donors (Lipinski definition) is 1. The molecule has 4 heteroatoms. The molecule has 1 saturated heterocycles. The van der Waals surface area contributed by atoms with Crippen molar-refractivity contribution in [2.75, 3.05) is 19.6 Å². The topological polar surface area (TPSA) is 39.1 Å². The average molecular weight is 306 g/mol. The number of rotatable bonds is 5. The maximum atomic E-state index is 8.81. The predicted molar refractivity (Wildman–Crippen MR) is 87.4 cm³/mol. The summed E-state index contributed by atoms with van der Waals surface area (Å²) < 4.78 is 0. The Bertz CT molecular complexity index is 468. The van der Waals surface area contributed by atoms with E-state index in [1.807, 2.05) is 12.1 Å². The molecule has 0 aromatic heterocycles. The second kappa shape index (κ2) is 7.79. The van der Waals surface area contributed by atoms with Crippen LogP contribution in [0, 0.1) is 17.2 Å². The van der Waals surface area contributed by atoms with Crippen LogP contribution in [0.1, 0.15) is 36.8 Å². The van der Waals surface area contributed by atoms with Gasteiger partial charge >= 0.3 is 0 Å². The maximum absolute atomic E-state index is 8.81. The lowest BCUT2D eigenvalue weighted by Crippen LogP contribution is -2.42. The number of halogens is 1. The van der Waals surface area contributed by atoms with Crippen LogP contribution in [0.15, 0.2) is 24.3 Å². The zero-order valence-electron chi connectivity index (χ0n) is 12.4. The molecule has 1 saturated carbocycles. The highest BCUT2D eigenvalue weighted by Crippen LogP contribution is 2.28. The number of nitrogens with zero attached hydrogens (tertiary/aromatic N) is 2. The Balaban J connectivity index is 0.00000161. The molecule has 2 aliphatic rings. The summed E-state index contributed by atoms with van der Waals surface area (Å²) in [5.74, 6) is 0.978. The Hall–Kier alpha value is -1.08. The fourth-order valence-electron chi connectivity index (χ4n) is 2.89. The molecule has 0 radical (unpaired) electrons. The van der Waals surface area contributed by atoms with Gasteiger partial charge in [0.2, 0.25) is 0 Å². The SMILES string of the molecule is Cl.N#Cc1ccc(CN2CCC(NCC3CC3)CC2)cc1. The molecule has 1 aromatic rings. The van der Waals surface area contributed by atoms with E-state index in [-0.39, 0.29) is 12.4 Å². The third kappa shape index (κ3) is 5.00. The lowest BCUT2D eigenvalue weighted by atomic mass is 10.0. The fourth-order valence-corrected chi connectivity index (χ4v) is 2.89. The Morgan fingerprint density at radius 1 is 1.10 bits per heavy atom. The zero-order valence-corrected chi connectivity index (χ0v) is 13.2. The van der Waals surface area contributed by atoms with Crippen molar-refractivity contribution < 1.29 is 0 Å². The molecular weight excluding hydrogens is 282 g/mol.